The first-order valence-corrected chi connectivity index (χ1v) is 13.8. The summed E-state index contributed by atoms with van der Waals surface area (Å²) in [4.78, 5) is 19.2. The number of para-hydroxylation sites is 2. The quantitative estimate of drug-likeness (QED) is 0.490. The molecule has 2 aliphatic rings. The van der Waals surface area contributed by atoms with Crippen LogP contribution in [-0.4, -0.2) is 49.4 Å². The molecule has 35 heavy (non-hydrogen) atoms. The van der Waals surface area contributed by atoms with Gasteiger partial charge in [-0.2, -0.15) is 4.99 Å². The molecule has 0 aliphatic carbocycles. The highest BCUT2D eigenvalue weighted by molar-refractivity contribution is 8.16. The van der Waals surface area contributed by atoms with E-state index in [0.29, 0.717) is 16.7 Å². The first-order chi connectivity index (χ1) is 16.9. The molecule has 0 radical (unpaired) electrons. The SMILES string of the molecule is COc1ccccc1CC(=O)N=C1S[C@H]2CS(=O)(=O)C[C@@H]2N1c1ccc(Oc2ccccc2)cc1. The molecule has 2 fully saturated rings. The number of anilines is 1. The number of amides is 1. The van der Waals surface area contributed by atoms with Gasteiger partial charge in [0.25, 0.3) is 5.91 Å². The Balaban J connectivity index is 1.41. The largest absolute Gasteiger partial charge is 0.496 e. The summed E-state index contributed by atoms with van der Waals surface area (Å²) in [6, 6.07) is 23.9. The van der Waals surface area contributed by atoms with Crippen LogP contribution in [0.5, 0.6) is 17.2 Å². The molecule has 0 aromatic heterocycles. The number of hydrogen-bond acceptors (Lipinski definition) is 6. The number of carbonyl (C=O) groups excluding carboxylic acids is 1. The maximum atomic E-state index is 12.9. The zero-order valence-electron chi connectivity index (χ0n) is 19.0. The van der Waals surface area contributed by atoms with E-state index in [1.165, 1.54) is 11.8 Å². The number of aliphatic imine (C=N–C) groups is 1. The van der Waals surface area contributed by atoms with Crippen LogP contribution in [0, 0.1) is 0 Å². The Morgan fingerprint density at radius 1 is 0.971 bits per heavy atom. The lowest BCUT2D eigenvalue weighted by Gasteiger charge is -2.24. The first-order valence-electron chi connectivity index (χ1n) is 11.1. The lowest BCUT2D eigenvalue weighted by molar-refractivity contribution is -0.117. The van der Waals surface area contributed by atoms with E-state index in [4.69, 9.17) is 9.47 Å². The number of methoxy groups -OCH3 is 1. The molecule has 180 valence electrons. The van der Waals surface area contributed by atoms with Crippen LogP contribution in [0.2, 0.25) is 0 Å². The van der Waals surface area contributed by atoms with Gasteiger partial charge in [0.2, 0.25) is 0 Å². The predicted octanol–water partition coefficient (Wildman–Crippen LogP) is 4.33. The molecule has 5 rings (SSSR count). The van der Waals surface area contributed by atoms with Crippen molar-refractivity contribution in [2.75, 3.05) is 23.5 Å². The summed E-state index contributed by atoms with van der Waals surface area (Å²) in [5.74, 6) is 1.82. The first kappa shape index (κ1) is 23.4. The second-order valence-electron chi connectivity index (χ2n) is 8.36. The van der Waals surface area contributed by atoms with E-state index in [-0.39, 0.29) is 35.1 Å². The molecule has 3 aromatic rings. The van der Waals surface area contributed by atoms with Crippen LogP contribution in [0.3, 0.4) is 0 Å². The van der Waals surface area contributed by atoms with Gasteiger partial charge in [-0.05, 0) is 42.5 Å². The van der Waals surface area contributed by atoms with Crippen LogP contribution in [0.4, 0.5) is 5.69 Å². The molecule has 0 saturated carbocycles. The smallest absolute Gasteiger partial charge is 0.252 e. The third-order valence-electron chi connectivity index (χ3n) is 5.91. The van der Waals surface area contributed by atoms with Gasteiger partial charge in [-0.3, -0.25) is 4.79 Å². The van der Waals surface area contributed by atoms with Crippen LogP contribution < -0.4 is 14.4 Å². The fourth-order valence-electron chi connectivity index (χ4n) is 4.32. The Morgan fingerprint density at radius 2 is 1.66 bits per heavy atom. The third-order valence-corrected chi connectivity index (χ3v) is 9.12. The Hall–Kier alpha value is -3.30. The van der Waals surface area contributed by atoms with Crippen LogP contribution in [-0.2, 0) is 21.1 Å². The van der Waals surface area contributed by atoms with Crippen LogP contribution >= 0.6 is 11.8 Å². The molecular formula is C26H24N2O5S2. The van der Waals surface area contributed by atoms with E-state index in [9.17, 15) is 13.2 Å². The van der Waals surface area contributed by atoms with E-state index in [2.05, 4.69) is 4.99 Å². The summed E-state index contributed by atoms with van der Waals surface area (Å²) in [6.45, 7) is 0. The number of hydrogen-bond donors (Lipinski definition) is 0. The lowest BCUT2D eigenvalue weighted by Crippen LogP contribution is -2.37. The van der Waals surface area contributed by atoms with E-state index in [1.807, 2.05) is 77.7 Å². The third kappa shape index (κ3) is 5.21. The maximum Gasteiger partial charge on any atom is 0.252 e. The van der Waals surface area contributed by atoms with Crippen LogP contribution in [0.15, 0.2) is 83.9 Å². The molecule has 0 N–H and O–H groups in total. The van der Waals surface area contributed by atoms with Gasteiger partial charge >= 0.3 is 0 Å². The van der Waals surface area contributed by atoms with E-state index in [0.717, 1.165) is 17.0 Å². The summed E-state index contributed by atoms with van der Waals surface area (Å²) >= 11 is 1.36. The molecule has 2 saturated heterocycles. The number of thioether (sulfide) groups is 1. The molecule has 2 atom stereocenters. The van der Waals surface area contributed by atoms with Crippen molar-refractivity contribution in [3.05, 3.63) is 84.4 Å². The van der Waals surface area contributed by atoms with Crippen molar-refractivity contribution in [2.24, 2.45) is 4.99 Å². The lowest BCUT2D eigenvalue weighted by atomic mass is 10.1. The monoisotopic (exact) mass is 508 g/mol. The summed E-state index contributed by atoms with van der Waals surface area (Å²) < 4.78 is 35.9. The van der Waals surface area contributed by atoms with Gasteiger partial charge in [0.15, 0.2) is 15.0 Å². The van der Waals surface area contributed by atoms with E-state index >= 15 is 0 Å². The Bertz CT molecular complexity index is 1360. The molecule has 9 heteroatoms. The second-order valence-corrected chi connectivity index (χ2v) is 11.7. The number of fused-ring (bicyclic) bond motifs is 1. The zero-order valence-corrected chi connectivity index (χ0v) is 20.7. The number of rotatable bonds is 6. The number of carbonyl (C=O) groups is 1. The highest BCUT2D eigenvalue weighted by atomic mass is 32.2. The molecule has 1 amide bonds. The molecule has 2 aliphatic heterocycles. The number of ether oxygens (including phenoxy) is 2. The van der Waals surface area contributed by atoms with Crippen molar-refractivity contribution in [3.8, 4) is 17.2 Å². The average molecular weight is 509 g/mol. The Kier molecular flexibility index (Phi) is 6.53. The van der Waals surface area contributed by atoms with Crippen molar-refractivity contribution in [2.45, 2.75) is 17.7 Å². The minimum absolute atomic E-state index is 0.0344. The number of benzene rings is 3. The van der Waals surface area contributed by atoms with Crippen LogP contribution in [0.1, 0.15) is 5.56 Å². The highest BCUT2D eigenvalue weighted by Crippen LogP contribution is 2.41. The molecule has 2 heterocycles. The average Bonchev–Trinajstić information content (AvgIpc) is 3.31. The fourth-order valence-corrected chi connectivity index (χ4v) is 8.26. The Labute approximate surface area is 208 Å². The molecule has 0 spiro atoms. The molecule has 7 nitrogen and oxygen atoms in total. The van der Waals surface area contributed by atoms with Crippen molar-refractivity contribution in [1.82, 2.24) is 0 Å². The molecule has 0 unspecified atom stereocenters. The predicted molar refractivity (Wildman–Crippen MR) is 138 cm³/mol. The van der Waals surface area contributed by atoms with Gasteiger partial charge in [-0.25, -0.2) is 8.42 Å². The summed E-state index contributed by atoms with van der Waals surface area (Å²) in [5.41, 5.74) is 1.52. The fraction of sp³-hybridized carbons (Fsp3) is 0.231. The molecular weight excluding hydrogens is 484 g/mol. The minimum Gasteiger partial charge on any atom is -0.496 e. The van der Waals surface area contributed by atoms with Crippen molar-refractivity contribution in [1.29, 1.82) is 0 Å². The maximum absolute atomic E-state index is 12.9. The van der Waals surface area contributed by atoms with E-state index in [1.54, 1.807) is 13.2 Å². The molecule has 3 aromatic carbocycles. The van der Waals surface area contributed by atoms with Gasteiger partial charge in [0.05, 0.1) is 31.1 Å². The van der Waals surface area contributed by atoms with Gasteiger partial charge in [-0.1, -0.05) is 48.2 Å². The van der Waals surface area contributed by atoms with Gasteiger partial charge in [0, 0.05) is 16.5 Å². The standard InChI is InChI=1S/C26H24N2O5S2/c1-32-23-10-6-5-7-18(23)15-25(29)27-26-28(22-16-35(30,31)17-24(22)34-26)19-11-13-21(14-12-19)33-20-8-3-2-4-9-20/h2-14,22,24H,15-17H2,1H3/t22-,24-/m0/s1. The van der Waals surface area contributed by atoms with Gasteiger partial charge < -0.3 is 14.4 Å². The van der Waals surface area contributed by atoms with Crippen LogP contribution in [0.25, 0.3) is 0 Å². The Morgan fingerprint density at radius 3 is 2.40 bits per heavy atom. The van der Waals surface area contributed by atoms with Crippen molar-refractivity contribution >= 4 is 38.4 Å². The second kappa shape index (κ2) is 9.75. The topological polar surface area (TPSA) is 85.3 Å². The molecule has 0 bridgehead atoms. The normalized spacial score (nSPS) is 21.6. The minimum atomic E-state index is -3.15. The summed E-state index contributed by atoms with van der Waals surface area (Å²) in [6.07, 6.45) is 0.0966. The van der Waals surface area contributed by atoms with Crippen molar-refractivity contribution in [3.63, 3.8) is 0 Å². The summed E-state index contributed by atoms with van der Waals surface area (Å²) in [7, 11) is -1.58. The number of sulfone groups is 1. The summed E-state index contributed by atoms with van der Waals surface area (Å²) in [5, 5.41) is 0.351. The van der Waals surface area contributed by atoms with Crippen molar-refractivity contribution < 1.29 is 22.7 Å². The number of amidine groups is 1. The van der Waals surface area contributed by atoms with Gasteiger partial charge in [-0.15, -0.1) is 0 Å². The van der Waals surface area contributed by atoms with E-state index < -0.39 is 9.84 Å². The zero-order chi connectivity index (χ0) is 24.4. The highest BCUT2D eigenvalue weighted by Gasteiger charge is 2.49. The number of nitrogens with zero attached hydrogens (tertiary/aromatic N) is 2. The van der Waals surface area contributed by atoms with Gasteiger partial charge in [0.1, 0.15) is 17.2 Å².